The van der Waals surface area contributed by atoms with Crippen molar-refractivity contribution in [1.82, 2.24) is 24.5 Å². The molecule has 9 heteroatoms. The van der Waals surface area contributed by atoms with Crippen LogP contribution in [0.1, 0.15) is 12.5 Å². The van der Waals surface area contributed by atoms with Crippen molar-refractivity contribution in [3.8, 4) is 5.69 Å². The molecule has 0 radical (unpaired) electrons. The highest BCUT2D eigenvalue weighted by Crippen LogP contribution is 2.27. The summed E-state index contributed by atoms with van der Waals surface area (Å²) < 4.78 is 1.93. The maximum atomic E-state index is 11.3. The predicted molar refractivity (Wildman–Crippen MR) is 132 cm³/mol. The fraction of sp³-hybridized carbons (Fsp3) is 0.0800. The third-order valence-electron chi connectivity index (χ3n) is 5.07. The Morgan fingerprint density at radius 2 is 1.74 bits per heavy atom. The lowest BCUT2D eigenvalue weighted by molar-refractivity contribution is -0.114. The van der Waals surface area contributed by atoms with Crippen molar-refractivity contribution in [2.24, 2.45) is 0 Å². The standard InChI is InChI=1S/C25H22N8O/c1-17(34)29-19-9-11-20(12-10-19)30-23-22-24(33(16-28-22)21-7-3-2-4-8-21)32-25(31-23)27-15-18-6-5-13-26-14-18/h2-14,16H,15H2,1H3,(H,29,34)(H2,27,30,31,32). The number of hydrogen-bond donors (Lipinski definition) is 3. The van der Waals surface area contributed by atoms with Crippen LogP contribution in [-0.2, 0) is 11.3 Å². The molecular formula is C25H22N8O. The Kier molecular flexibility index (Phi) is 5.81. The number of anilines is 4. The second kappa shape index (κ2) is 9.37. The zero-order chi connectivity index (χ0) is 23.3. The minimum atomic E-state index is -0.117. The fourth-order valence-electron chi connectivity index (χ4n) is 3.50. The van der Waals surface area contributed by atoms with E-state index in [1.165, 1.54) is 6.92 Å². The van der Waals surface area contributed by atoms with Crippen molar-refractivity contribution in [3.05, 3.63) is 91.0 Å². The highest BCUT2D eigenvalue weighted by Gasteiger charge is 2.15. The Balaban J connectivity index is 1.51. The molecule has 1 amide bonds. The van der Waals surface area contributed by atoms with Crippen LogP contribution in [0.25, 0.3) is 16.9 Å². The number of carbonyl (C=O) groups excluding carboxylic acids is 1. The summed E-state index contributed by atoms with van der Waals surface area (Å²) in [6, 6.07) is 21.2. The molecule has 168 valence electrons. The molecule has 0 bridgehead atoms. The van der Waals surface area contributed by atoms with Crippen molar-refractivity contribution < 1.29 is 4.79 Å². The number of nitrogens with one attached hydrogen (secondary N) is 3. The van der Waals surface area contributed by atoms with Crippen molar-refractivity contribution in [3.63, 3.8) is 0 Å². The summed E-state index contributed by atoms with van der Waals surface area (Å²) in [5.74, 6) is 0.918. The van der Waals surface area contributed by atoms with Crippen LogP contribution in [-0.4, -0.2) is 30.4 Å². The van der Waals surface area contributed by atoms with Crippen LogP contribution >= 0.6 is 0 Å². The number of benzene rings is 2. The summed E-state index contributed by atoms with van der Waals surface area (Å²) in [6.07, 6.45) is 5.28. The Morgan fingerprint density at radius 3 is 2.47 bits per heavy atom. The first kappa shape index (κ1) is 21.1. The molecule has 34 heavy (non-hydrogen) atoms. The largest absolute Gasteiger partial charge is 0.350 e. The Hall–Kier alpha value is -4.79. The first-order valence-electron chi connectivity index (χ1n) is 10.7. The van der Waals surface area contributed by atoms with Crippen molar-refractivity contribution >= 4 is 40.2 Å². The monoisotopic (exact) mass is 450 g/mol. The highest BCUT2D eigenvalue weighted by atomic mass is 16.1. The molecule has 5 aromatic rings. The molecular weight excluding hydrogens is 428 g/mol. The number of aromatic nitrogens is 5. The van der Waals surface area contributed by atoms with Gasteiger partial charge in [-0.1, -0.05) is 24.3 Å². The van der Waals surface area contributed by atoms with E-state index in [0.717, 1.165) is 22.6 Å². The number of nitrogens with zero attached hydrogens (tertiary/aromatic N) is 5. The number of hydrogen-bond acceptors (Lipinski definition) is 7. The van der Waals surface area contributed by atoms with Crippen molar-refractivity contribution in [1.29, 1.82) is 0 Å². The molecule has 2 aromatic carbocycles. The van der Waals surface area contributed by atoms with Gasteiger partial charge in [-0.25, -0.2) is 4.98 Å². The van der Waals surface area contributed by atoms with Gasteiger partial charge in [0, 0.05) is 42.9 Å². The van der Waals surface area contributed by atoms with Crippen LogP contribution in [0.3, 0.4) is 0 Å². The average Bonchev–Trinajstić information content (AvgIpc) is 3.29. The zero-order valence-corrected chi connectivity index (χ0v) is 18.4. The van der Waals surface area contributed by atoms with Gasteiger partial charge in [-0.15, -0.1) is 0 Å². The van der Waals surface area contributed by atoms with Crippen LogP contribution in [0.2, 0.25) is 0 Å². The van der Waals surface area contributed by atoms with Crippen LogP contribution < -0.4 is 16.0 Å². The molecule has 0 fully saturated rings. The van der Waals surface area contributed by atoms with Gasteiger partial charge in [0.05, 0.1) is 0 Å². The number of carbonyl (C=O) groups is 1. The van der Waals surface area contributed by atoms with Gasteiger partial charge in [0.25, 0.3) is 0 Å². The van der Waals surface area contributed by atoms with Gasteiger partial charge in [0.15, 0.2) is 17.0 Å². The minimum absolute atomic E-state index is 0.117. The Bertz CT molecular complexity index is 1420. The summed E-state index contributed by atoms with van der Waals surface area (Å²) >= 11 is 0. The molecule has 0 atom stereocenters. The van der Waals surface area contributed by atoms with Gasteiger partial charge in [0.2, 0.25) is 11.9 Å². The number of amides is 1. The second-order valence-electron chi connectivity index (χ2n) is 7.62. The molecule has 3 heterocycles. The van der Waals surface area contributed by atoms with Gasteiger partial charge >= 0.3 is 0 Å². The highest BCUT2D eigenvalue weighted by molar-refractivity contribution is 5.90. The maximum absolute atomic E-state index is 11.3. The molecule has 0 saturated carbocycles. The summed E-state index contributed by atoms with van der Waals surface area (Å²) in [6.45, 7) is 2.01. The summed E-state index contributed by atoms with van der Waals surface area (Å²) in [5.41, 5.74) is 4.81. The molecule has 0 aliphatic carbocycles. The number of rotatable bonds is 7. The van der Waals surface area contributed by atoms with Crippen LogP contribution in [0.5, 0.6) is 0 Å². The third kappa shape index (κ3) is 4.68. The summed E-state index contributed by atoms with van der Waals surface area (Å²) in [7, 11) is 0. The number of fused-ring (bicyclic) bond motifs is 1. The van der Waals surface area contributed by atoms with E-state index in [2.05, 4.69) is 30.9 Å². The maximum Gasteiger partial charge on any atom is 0.227 e. The number of pyridine rings is 1. The molecule has 9 nitrogen and oxygen atoms in total. The first-order chi connectivity index (χ1) is 16.7. The topological polar surface area (TPSA) is 110 Å². The smallest absolute Gasteiger partial charge is 0.227 e. The molecule has 0 aliphatic heterocycles. The zero-order valence-electron chi connectivity index (χ0n) is 18.4. The average molecular weight is 451 g/mol. The van der Waals surface area contributed by atoms with Crippen LogP contribution in [0.4, 0.5) is 23.1 Å². The Labute approximate surface area is 195 Å². The van der Waals surface area contributed by atoms with E-state index in [9.17, 15) is 4.79 Å². The Morgan fingerprint density at radius 1 is 0.941 bits per heavy atom. The van der Waals surface area contributed by atoms with Gasteiger partial charge < -0.3 is 16.0 Å². The van der Waals surface area contributed by atoms with E-state index in [4.69, 9.17) is 4.98 Å². The molecule has 0 saturated heterocycles. The predicted octanol–water partition coefficient (Wildman–Crippen LogP) is 4.52. The molecule has 3 aromatic heterocycles. The second-order valence-corrected chi connectivity index (χ2v) is 7.62. The van der Waals surface area contributed by atoms with E-state index in [1.807, 2.05) is 71.3 Å². The summed E-state index contributed by atoms with van der Waals surface area (Å²) in [5, 5.41) is 9.39. The van der Waals surface area contributed by atoms with Crippen molar-refractivity contribution in [2.75, 3.05) is 16.0 Å². The molecule has 0 aliphatic rings. The molecule has 3 N–H and O–H groups in total. The lowest BCUT2D eigenvalue weighted by Crippen LogP contribution is -2.07. The van der Waals surface area contributed by atoms with E-state index in [-0.39, 0.29) is 5.91 Å². The van der Waals surface area contributed by atoms with Gasteiger partial charge in [-0.2, -0.15) is 9.97 Å². The normalized spacial score (nSPS) is 10.7. The van der Waals surface area contributed by atoms with E-state index < -0.39 is 0 Å². The molecule has 0 unspecified atom stereocenters. The lowest BCUT2D eigenvalue weighted by atomic mass is 10.2. The van der Waals surface area contributed by atoms with Crippen LogP contribution in [0.15, 0.2) is 85.5 Å². The summed E-state index contributed by atoms with van der Waals surface area (Å²) in [4.78, 5) is 29.5. The van der Waals surface area contributed by atoms with Crippen molar-refractivity contribution in [2.45, 2.75) is 13.5 Å². The van der Waals surface area contributed by atoms with E-state index in [0.29, 0.717) is 29.5 Å². The lowest BCUT2D eigenvalue weighted by Gasteiger charge is -2.11. The third-order valence-corrected chi connectivity index (χ3v) is 5.07. The van der Waals surface area contributed by atoms with Gasteiger partial charge in [-0.05, 0) is 48.0 Å². The van der Waals surface area contributed by atoms with Crippen LogP contribution in [0, 0.1) is 0 Å². The molecule has 5 rings (SSSR count). The number of imidazole rings is 1. The minimum Gasteiger partial charge on any atom is -0.350 e. The quantitative estimate of drug-likeness (QED) is 0.334. The SMILES string of the molecule is CC(=O)Nc1ccc(Nc2nc(NCc3cccnc3)nc3c2ncn3-c2ccccc2)cc1. The van der Waals surface area contributed by atoms with E-state index >= 15 is 0 Å². The van der Waals surface area contributed by atoms with E-state index in [1.54, 1.807) is 18.7 Å². The van der Waals surface area contributed by atoms with Gasteiger partial charge in [0.1, 0.15) is 6.33 Å². The number of para-hydroxylation sites is 1. The van der Waals surface area contributed by atoms with Gasteiger partial charge in [-0.3, -0.25) is 14.3 Å². The molecule has 0 spiro atoms. The first-order valence-corrected chi connectivity index (χ1v) is 10.7. The fourth-order valence-corrected chi connectivity index (χ4v) is 3.50.